The lowest BCUT2D eigenvalue weighted by Gasteiger charge is -2.16. The minimum absolute atomic E-state index is 0.0225. The quantitative estimate of drug-likeness (QED) is 0.838. The summed E-state index contributed by atoms with van der Waals surface area (Å²) >= 11 is 0. The Morgan fingerprint density at radius 2 is 1.90 bits per heavy atom. The van der Waals surface area contributed by atoms with Crippen LogP contribution in [0.25, 0.3) is 0 Å². The van der Waals surface area contributed by atoms with Crippen molar-refractivity contribution < 1.29 is 23.2 Å². The lowest BCUT2D eigenvalue weighted by Crippen LogP contribution is -2.32. The summed E-state index contributed by atoms with van der Waals surface area (Å²) < 4.78 is 27.3. The molecule has 1 aliphatic rings. The number of carbonyl (C=O) groups excluding carboxylic acids is 3. The van der Waals surface area contributed by atoms with Crippen LogP contribution in [0.3, 0.4) is 0 Å². The number of halogens is 2. The molecular formula is C13H12F2N2O3. The molecule has 0 fully saturated rings. The van der Waals surface area contributed by atoms with Crippen LogP contribution in [0.15, 0.2) is 12.1 Å². The molecule has 106 valence electrons. The summed E-state index contributed by atoms with van der Waals surface area (Å²) in [7, 11) is 1.47. The first kappa shape index (κ1) is 14.1. The number of Topliss-reactive ketones (excluding diaryl/α,β-unsaturated/α-hetero) is 1. The molecule has 5 nitrogen and oxygen atoms in total. The summed E-state index contributed by atoms with van der Waals surface area (Å²) in [6.45, 7) is -0.0225. The summed E-state index contributed by atoms with van der Waals surface area (Å²) in [5.74, 6) is -4.02. The fraction of sp³-hybridized carbons (Fsp3) is 0.308. The lowest BCUT2D eigenvalue weighted by atomic mass is 10.1. The molecule has 0 spiro atoms. The van der Waals surface area contributed by atoms with Gasteiger partial charge < -0.3 is 10.2 Å². The number of benzene rings is 1. The van der Waals surface area contributed by atoms with Crippen LogP contribution in [-0.2, 0) is 9.59 Å². The molecule has 0 unspecified atom stereocenters. The van der Waals surface area contributed by atoms with Gasteiger partial charge in [-0.25, -0.2) is 8.78 Å². The first-order valence-electron chi connectivity index (χ1n) is 6.02. The monoisotopic (exact) mass is 282 g/mol. The Kier molecular flexibility index (Phi) is 3.78. The Morgan fingerprint density at radius 1 is 1.25 bits per heavy atom. The molecule has 1 aliphatic heterocycles. The van der Waals surface area contributed by atoms with Crippen LogP contribution in [0, 0.1) is 11.6 Å². The van der Waals surface area contributed by atoms with Gasteiger partial charge in [0.2, 0.25) is 5.91 Å². The van der Waals surface area contributed by atoms with Gasteiger partial charge in [0.1, 0.15) is 11.6 Å². The van der Waals surface area contributed by atoms with Crippen molar-refractivity contribution in [2.45, 2.75) is 12.8 Å². The minimum atomic E-state index is -1.06. The Balaban J connectivity index is 2.25. The van der Waals surface area contributed by atoms with Crippen molar-refractivity contribution in [3.05, 3.63) is 29.3 Å². The molecule has 1 aromatic carbocycles. The highest BCUT2D eigenvalue weighted by atomic mass is 19.1. The second-order valence-electron chi connectivity index (χ2n) is 4.32. The summed E-state index contributed by atoms with van der Waals surface area (Å²) in [5, 5.41) is 2.41. The van der Waals surface area contributed by atoms with E-state index in [4.69, 9.17) is 0 Å². The maximum Gasteiger partial charge on any atom is 0.299 e. The van der Waals surface area contributed by atoms with E-state index in [1.54, 1.807) is 0 Å². The van der Waals surface area contributed by atoms with E-state index in [0.717, 1.165) is 17.0 Å². The predicted molar refractivity (Wildman–Crippen MR) is 66.3 cm³/mol. The fourth-order valence-electron chi connectivity index (χ4n) is 2.09. The third kappa shape index (κ3) is 2.26. The smallest absolute Gasteiger partial charge is 0.299 e. The van der Waals surface area contributed by atoms with Crippen LogP contribution in [0.2, 0.25) is 0 Å². The van der Waals surface area contributed by atoms with Gasteiger partial charge >= 0.3 is 0 Å². The summed E-state index contributed by atoms with van der Waals surface area (Å²) in [6, 6.07) is 1.68. The first-order valence-corrected chi connectivity index (χ1v) is 6.02. The summed E-state index contributed by atoms with van der Waals surface area (Å²) in [5.41, 5.74) is -0.869. The van der Waals surface area contributed by atoms with E-state index in [9.17, 15) is 23.2 Å². The molecule has 0 atom stereocenters. The van der Waals surface area contributed by atoms with Crippen LogP contribution < -0.4 is 10.2 Å². The molecule has 0 bridgehead atoms. The number of rotatable bonds is 4. The normalized spacial score (nSPS) is 13.7. The number of nitrogens with zero attached hydrogens (tertiary/aromatic N) is 1. The first-order chi connectivity index (χ1) is 9.47. The van der Waals surface area contributed by atoms with Crippen molar-refractivity contribution in [3.8, 4) is 0 Å². The second kappa shape index (κ2) is 5.36. The predicted octanol–water partition coefficient (Wildman–Crippen LogP) is 1.02. The molecule has 20 heavy (non-hydrogen) atoms. The van der Waals surface area contributed by atoms with E-state index < -0.39 is 28.9 Å². The average Bonchev–Trinajstić information content (AvgIpc) is 2.68. The standard InChI is InChI=1S/C13H12F2N2O3/c1-16-9(18)3-2-6-17-11-8(15)5-4-7(14)10(11)12(19)13(17)20/h4-5H,2-3,6H2,1H3,(H,16,18). The molecule has 0 aromatic heterocycles. The molecule has 1 aromatic rings. The molecule has 0 saturated carbocycles. The number of nitrogens with one attached hydrogen (secondary N) is 1. The maximum absolute atomic E-state index is 13.7. The largest absolute Gasteiger partial charge is 0.359 e. The van der Waals surface area contributed by atoms with Crippen LogP contribution in [0.4, 0.5) is 14.5 Å². The lowest BCUT2D eigenvalue weighted by molar-refractivity contribution is -0.121. The van der Waals surface area contributed by atoms with Crippen molar-refractivity contribution in [3.63, 3.8) is 0 Å². The van der Waals surface area contributed by atoms with E-state index in [1.807, 2.05) is 0 Å². The Bertz CT molecular complexity index is 602. The molecule has 1 N–H and O–H groups in total. The number of amides is 2. The van der Waals surface area contributed by atoms with Crippen LogP contribution in [0.1, 0.15) is 23.2 Å². The number of anilines is 1. The van der Waals surface area contributed by atoms with Gasteiger partial charge in [0.15, 0.2) is 0 Å². The van der Waals surface area contributed by atoms with Crippen LogP contribution in [0.5, 0.6) is 0 Å². The van der Waals surface area contributed by atoms with E-state index in [-0.39, 0.29) is 31.0 Å². The number of fused-ring (bicyclic) bond motifs is 1. The van der Waals surface area contributed by atoms with Crippen molar-refractivity contribution in [2.75, 3.05) is 18.5 Å². The third-order valence-corrected chi connectivity index (χ3v) is 3.08. The zero-order valence-corrected chi connectivity index (χ0v) is 10.7. The second-order valence-corrected chi connectivity index (χ2v) is 4.32. The van der Waals surface area contributed by atoms with E-state index >= 15 is 0 Å². The molecular weight excluding hydrogens is 270 g/mol. The Morgan fingerprint density at radius 3 is 2.55 bits per heavy atom. The number of hydrogen-bond donors (Lipinski definition) is 1. The highest BCUT2D eigenvalue weighted by Crippen LogP contribution is 2.33. The molecule has 0 radical (unpaired) electrons. The van der Waals surface area contributed by atoms with Gasteiger partial charge in [0.25, 0.3) is 11.7 Å². The SMILES string of the molecule is CNC(=O)CCCN1C(=O)C(=O)c2c(F)ccc(F)c21. The third-order valence-electron chi connectivity index (χ3n) is 3.08. The fourth-order valence-corrected chi connectivity index (χ4v) is 2.09. The van der Waals surface area contributed by atoms with Crippen molar-refractivity contribution in [2.24, 2.45) is 0 Å². The van der Waals surface area contributed by atoms with Crippen LogP contribution in [-0.4, -0.2) is 31.2 Å². The van der Waals surface area contributed by atoms with Crippen LogP contribution >= 0.6 is 0 Å². The summed E-state index contributed by atoms with van der Waals surface area (Å²) in [6.07, 6.45) is 0.370. The van der Waals surface area contributed by atoms with Gasteiger partial charge in [-0.3, -0.25) is 14.4 Å². The molecule has 0 aliphatic carbocycles. The van der Waals surface area contributed by atoms with Crippen molar-refractivity contribution >= 4 is 23.3 Å². The molecule has 7 heteroatoms. The van der Waals surface area contributed by atoms with Crippen molar-refractivity contribution in [1.29, 1.82) is 0 Å². The highest BCUT2D eigenvalue weighted by Gasteiger charge is 2.40. The maximum atomic E-state index is 13.7. The minimum Gasteiger partial charge on any atom is -0.359 e. The van der Waals surface area contributed by atoms with E-state index in [0.29, 0.717) is 0 Å². The van der Waals surface area contributed by atoms with Gasteiger partial charge in [-0.05, 0) is 18.6 Å². The molecule has 2 rings (SSSR count). The van der Waals surface area contributed by atoms with Gasteiger partial charge in [-0.2, -0.15) is 0 Å². The zero-order chi connectivity index (χ0) is 14.9. The number of ketones is 1. The summed E-state index contributed by atoms with van der Waals surface area (Å²) in [4.78, 5) is 35.4. The zero-order valence-electron chi connectivity index (χ0n) is 10.7. The molecule has 1 heterocycles. The number of hydrogen-bond acceptors (Lipinski definition) is 3. The van der Waals surface area contributed by atoms with Gasteiger partial charge in [-0.1, -0.05) is 0 Å². The van der Waals surface area contributed by atoms with Gasteiger partial charge in [0.05, 0.1) is 11.3 Å². The molecule has 2 amide bonds. The average molecular weight is 282 g/mol. The highest BCUT2D eigenvalue weighted by molar-refractivity contribution is 6.52. The van der Waals surface area contributed by atoms with E-state index in [1.165, 1.54) is 7.05 Å². The van der Waals surface area contributed by atoms with Gasteiger partial charge in [0, 0.05) is 20.0 Å². The topological polar surface area (TPSA) is 66.5 Å². The van der Waals surface area contributed by atoms with Crippen molar-refractivity contribution in [1.82, 2.24) is 5.32 Å². The van der Waals surface area contributed by atoms with E-state index in [2.05, 4.69) is 5.32 Å². The Hall–Kier alpha value is -2.31. The molecule has 0 saturated heterocycles. The Labute approximate surface area is 113 Å². The number of carbonyl (C=O) groups is 3. The van der Waals surface area contributed by atoms with Gasteiger partial charge in [-0.15, -0.1) is 0 Å².